The molecule has 0 spiro atoms. The number of anilines is 1. The van der Waals surface area contributed by atoms with Crippen LogP contribution >= 0.6 is 0 Å². The maximum absolute atomic E-state index is 12.1. The molecule has 2 heterocycles. The van der Waals surface area contributed by atoms with E-state index in [1.54, 1.807) is 4.68 Å². The van der Waals surface area contributed by atoms with Crippen LogP contribution in [0.1, 0.15) is 17.7 Å². The quantitative estimate of drug-likeness (QED) is 0.904. The van der Waals surface area contributed by atoms with Crippen LogP contribution in [0.3, 0.4) is 0 Å². The maximum atomic E-state index is 12.1. The van der Waals surface area contributed by atoms with Crippen LogP contribution in [-0.2, 0) is 22.6 Å². The smallest absolute Gasteiger partial charge is 0.240 e. The lowest BCUT2D eigenvalue weighted by Crippen LogP contribution is -2.44. The Balaban J connectivity index is 1.56. The summed E-state index contributed by atoms with van der Waals surface area (Å²) < 4.78 is 1.79. The Labute approximate surface area is 135 Å². The van der Waals surface area contributed by atoms with Gasteiger partial charge in [0, 0.05) is 19.0 Å². The van der Waals surface area contributed by atoms with E-state index < -0.39 is 0 Å². The van der Waals surface area contributed by atoms with Crippen molar-refractivity contribution in [2.75, 3.05) is 18.0 Å². The molecule has 6 nitrogen and oxygen atoms in total. The molecule has 0 fully saturated rings. The number of hydrogen-bond acceptors (Lipinski definition) is 3. The van der Waals surface area contributed by atoms with Crippen LogP contribution in [0.15, 0.2) is 36.4 Å². The molecule has 1 aliphatic rings. The molecule has 120 valence electrons. The third-order valence-corrected chi connectivity index (χ3v) is 3.88. The highest BCUT2D eigenvalue weighted by atomic mass is 16.2. The molecule has 0 saturated carbocycles. The molecule has 0 unspecified atom stereocenters. The van der Waals surface area contributed by atoms with E-state index in [0.717, 1.165) is 12.1 Å². The van der Waals surface area contributed by atoms with Crippen LogP contribution < -0.4 is 10.2 Å². The SMILES string of the molecule is Cc1cc2n(n1)CCC(=O)N2CC(=O)NCCc1ccccc1. The average Bonchev–Trinajstić information content (AvgIpc) is 2.92. The number of hydrogen-bond donors (Lipinski definition) is 1. The number of rotatable bonds is 5. The fourth-order valence-corrected chi connectivity index (χ4v) is 2.74. The fraction of sp³-hybridized carbons (Fsp3) is 0.353. The summed E-state index contributed by atoms with van der Waals surface area (Å²) >= 11 is 0. The minimum absolute atomic E-state index is 0.0318. The van der Waals surface area contributed by atoms with Gasteiger partial charge in [0.2, 0.25) is 11.8 Å². The highest BCUT2D eigenvalue weighted by Crippen LogP contribution is 2.21. The summed E-state index contributed by atoms with van der Waals surface area (Å²) in [4.78, 5) is 25.7. The average molecular weight is 312 g/mol. The minimum atomic E-state index is -0.151. The van der Waals surface area contributed by atoms with Gasteiger partial charge in [-0.3, -0.25) is 14.5 Å². The predicted octanol–water partition coefficient (Wildman–Crippen LogP) is 1.29. The lowest BCUT2D eigenvalue weighted by molar-refractivity contribution is -0.124. The Morgan fingerprint density at radius 3 is 2.87 bits per heavy atom. The number of nitrogens with one attached hydrogen (secondary N) is 1. The number of aromatic nitrogens is 2. The van der Waals surface area contributed by atoms with E-state index >= 15 is 0 Å². The summed E-state index contributed by atoms with van der Waals surface area (Å²) in [5, 5.41) is 7.21. The molecular formula is C17H20N4O2. The third-order valence-electron chi connectivity index (χ3n) is 3.88. The number of amides is 2. The van der Waals surface area contributed by atoms with Gasteiger partial charge in [0.05, 0.1) is 12.2 Å². The highest BCUT2D eigenvalue weighted by Gasteiger charge is 2.27. The van der Waals surface area contributed by atoms with Crippen LogP contribution in [0.4, 0.5) is 5.82 Å². The van der Waals surface area contributed by atoms with Crippen molar-refractivity contribution in [2.24, 2.45) is 0 Å². The Kier molecular flexibility index (Phi) is 4.41. The highest BCUT2D eigenvalue weighted by molar-refractivity contribution is 5.98. The van der Waals surface area contributed by atoms with Crippen molar-refractivity contribution in [1.29, 1.82) is 0 Å². The lowest BCUT2D eigenvalue weighted by Gasteiger charge is -2.26. The number of benzene rings is 1. The van der Waals surface area contributed by atoms with Crippen molar-refractivity contribution in [3.8, 4) is 0 Å². The van der Waals surface area contributed by atoms with Gasteiger partial charge in [0.25, 0.3) is 0 Å². The van der Waals surface area contributed by atoms with Crippen LogP contribution in [-0.4, -0.2) is 34.7 Å². The zero-order valence-electron chi connectivity index (χ0n) is 13.2. The van der Waals surface area contributed by atoms with Gasteiger partial charge in [-0.15, -0.1) is 0 Å². The molecule has 0 saturated heterocycles. The molecule has 1 aromatic carbocycles. The summed E-state index contributed by atoms with van der Waals surface area (Å²) in [5.41, 5.74) is 2.03. The van der Waals surface area contributed by atoms with Gasteiger partial charge in [-0.25, -0.2) is 4.68 Å². The van der Waals surface area contributed by atoms with Crippen LogP contribution in [0.25, 0.3) is 0 Å². The Bertz CT molecular complexity index is 709. The molecule has 1 aromatic heterocycles. The van der Waals surface area contributed by atoms with E-state index in [1.165, 1.54) is 10.5 Å². The van der Waals surface area contributed by atoms with Gasteiger partial charge >= 0.3 is 0 Å². The van der Waals surface area contributed by atoms with E-state index in [4.69, 9.17) is 0 Å². The second kappa shape index (κ2) is 6.64. The van der Waals surface area contributed by atoms with Crippen molar-refractivity contribution >= 4 is 17.6 Å². The van der Waals surface area contributed by atoms with Crippen molar-refractivity contribution in [3.63, 3.8) is 0 Å². The van der Waals surface area contributed by atoms with Gasteiger partial charge in [-0.05, 0) is 18.9 Å². The van der Waals surface area contributed by atoms with E-state index in [1.807, 2.05) is 43.3 Å². The first-order chi connectivity index (χ1) is 11.1. The second-order valence-electron chi connectivity index (χ2n) is 5.68. The largest absolute Gasteiger partial charge is 0.354 e. The summed E-state index contributed by atoms with van der Waals surface area (Å²) in [6, 6.07) is 11.8. The normalized spacial score (nSPS) is 13.8. The molecule has 2 amide bonds. The van der Waals surface area contributed by atoms with Gasteiger partial charge in [-0.1, -0.05) is 30.3 Å². The first kappa shape index (κ1) is 15.3. The van der Waals surface area contributed by atoms with Crippen molar-refractivity contribution in [1.82, 2.24) is 15.1 Å². The van der Waals surface area contributed by atoms with Gasteiger partial charge < -0.3 is 5.32 Å². The van der Waals surface area contributed by atoms with Crippen LogP contribution in [0, 0.1) is 6.92 Å². The summed E-state index contributed by atoms with van der Waals surface area (Å²) in [6.45, 7) is 3.06. The first-order valence-corrected chi connectivity index (χ1v) is 7.79. The van der Waals surface area contributed by atoms with E-state index in [0.29, 0.717) is 25.3 Å². The molecule has 1 N–H and O–H groups in total. The zero-order valence-corrected chi connectivity index (χ0v) is 13.2. The Hall–Kier alpha value is -2.63. The standard InChI is InChI=1S/C17H20N4O2/c1-13-11-16-20(17(23)8-10-21(16)19-13)12-15(22)18-9-7-14-5-3-2-4-6-14/h2-6,11H,7-10,12H2,1H3,(H,18,22). The van der Waals surface area contributed by atoms with Crippen LogP contribution in [0.5, 0.6) is 0 Å². The van der Waals surface area contributed by atoms with Crippen molar-refractivity contribution in [2.45, 2.75) is 26.3 Å². The monoisotopic (exact) mass is 312 g/mol. The minimum Gasteiger partial charge on any atom is -0.354 e. The number of fused-ring (bicyclic) bond motifs is 1. The van der Waals surface area contributed by atoms with Crippen LogP contribution in [0.2, 0.25) is 0 Å². The zero-order chi connectivity index (χ0) is 16.2. The van der Waals surface area contributed by atoms with E-state index in [9.17, 15) is 9.59 Å². The number of aryl methyl sites for hydroxylation is 2. The fourth-order valence-electron chi connectivity index (χ4n) is 2.74. The third kappa shape index (κ3) is 3.59. The molecule has 23 heavy (non-hydrogen) atoms. The topological polar surface area (TPSA) is 67.2 Å². The molecule has 0 bridgehead atoms. The molecule has 2 aromatic rings. The summed E-state index contributed by atoms with van der Waals surface area (Å²) in [7, 11) is 0. The first-order valence-electron chi connectivity index (χ1n) is 7.79. The molecule has 0 aliphatic carbocycles. The molecule has 0 radical (unpaired) electrons. The molecule has 0 atom stereocenters. The maximum Gasteiger partial charge on any atom is 0.240 e. The van der Waals surface area contributed by atoms with Gasteiger partial charge in [-0.2, -0.15) is 5.10 Å². The molecule has 3 rings (SSSR count). The van der Waals surface area contributed by atoms with Gasteiger partial charge in [0.1, 0.15) is 12.4 Å². The Morgan fingerprint density at radius 1 is 1.30 bits per heavy atom. The summed E-state index contributed by atoms with van der Waals surface area (Å²) in [5.74, 6) is 0.522. The number of carbonyl (C=O) groups excluding carboxylic acids is 2. The number of carbonyl (C=O) groups is 2. The second-order valence-corrected chi connectivity index (χ2v) is 5.68. The molecule has 6 heteroatoms. The predicted molar refractivity (Wildman–Crippen MR) is 87.1 cm³/mol. The Morgan fingerprint density at radius 2 is 2.09 bits per heavy atom. The van der Waals surface area contributed by atoms with Crippen molar-refractivity contribution < 1.29 is 9.59 Å². The summed E-state index contributed by atoms with van der Waals surface area (Å²) in [6.07, 6.45) is 1.16. The van der Waals surface area contributed by atoms with Crippen molar-refractivity contribution in [3.05, 3.63) is 47.7 Å². The van der Waals surface area contributed by atoms with Gasteiger partial charge in [0.15, 0.2) is 0 Å². The van der Waals surface area contributed by atoms with E-state index in [2.05, 4.69) is 10.4 Å². The lowest BCUT2D eigenvalue weighted by atomic mass is 10.1. The molecule has 1 aliphatic heterocycles. The molecular weight excluding hydrogens is 292 g/mol. The number of nitrogens with zero attached hydrogens (tertiary/aromatic N) is 3. The van der Waals surface area contributed by atoms with E-state index in [-0.39, 0.29) is 18.4 Å².